The van der Waals surface area contributed by atoms with Gasteiger partial charge in [0.15, 0.2) is 22.8 Å². The average molecular weight is 569 g/mol. The highest BCUT2D eigenvalue weighted by atomic mass is 16.6. The predicted molar refractivity (Wildman–Crippen MR) is 155 cm³/mol. The summed E-state index contributed by atoms with van der Waals surface area (Å²) in [6.07, 6.45) is 4.39. The molecule has 4 bridgehead atoms. The zero-order chi connectivity index (χ0) is 30.0. The van der Waals surface area contributed by atoms with Gasteiger partial charge in [-0.15, -0.1) is 0 Å². The van der Waals surface area contributed by atoms with Crippen LogP contribution in [0.3, 0.4) is 0 Å². The zero-order valence-corrected chi connectivity index (χ0v) is 25.1. The molecule has 5 atom stereocenters. The normalized spacial score (nSPS) is 32.2. The second-order valence-electron chi connectivity index (χ2n) is 13.7. The number of esters is 1. The molecule has 0 radical (unpaired) electrons. The molecule has 2 unspecified atom stereocenters. The summed E-state index contributed by atoms with van der Waals surface area (Å²) in [6, 6.07) is 10.3. The molecule has 1 spiro atoms. The Balaban J connectivity index is 1.49. The van der Waals surface area contributed by atoms with Crippen molar-refractivity contribution in [3.8, 4) is 17.2 Å². The predicted octanol–water partition coefficient (Wildman–Crippen LogP) is 6.33. The molecule has 0 aromatic heterocycles. The minimum absolute atomic E-state index is 0.0472. The van der Waals surface area contributed by atoms with Crippen LogP contribution in [0.4, 0.5) is 0 Å². The second-order valence-corrected chi connectivity index (χ2v) is 13.7. The van der Waals surface area contributed by atoms with Crippen molar-refractivity contribution in [3.05, 3.63) is 76.4 Å². The number of hydrogen-bond acceptors (Lipinski definition) is 7. The first-order valence-electron chi connectivity index (χ1n) is 14.7. The minimum atomic E-state index is -1.36. The van der Waals surface area contributed by atoms with E-state index in [2.05, 4.69) is 0 Å². The van der Waals surface area contributed by atoms with Crippen molar-refractivity contribution in [1.82, 2.24) is 0 Å². The van der Waals surface area contributed by atoms with Crippen molar-refractivity contribution in [3.63, 3.8) is 0 Å². The van der Waals surface area contributed by atoms with Gasteiger partial charge in [0.05, 0.1) is 11.2 Å². The fraction of sp³-hybridized carbons (Fsp3) is 0.457. The Hall–Kier alpha value is -3.71. The van der Waals surface area contributed by atoms with Crippen LogP contribution in [0.5, 0.6) is 17.2 Å². The Morgan fingerprint density at radius 3 is 2.50 bits per heavy atom. The lowest BCUT2D eigenvalue weighted by molar-refractivity contribution is -0.171. The van der Waals surface area contributed by atoms with E-state index in [1.807, 2.05) is 60.6 Å². The Bertz CT molecular complexity index is 1640. The van der Waals surface area contributed by atoms with Gasteiger partial charge in [-0.25, -0.2) is 4.79 Å². The van der Waals surface area contributed by atoms with Crippen LogP contribution in [0, 0.1) is 11.8 Å². The minimum Gasteiger partial charge on any atom is -0.489 e. The number of Topliss-reactive ketones (excluding diaryl/α,β-unsaturated/α-hetero) is 2. The fourth-order valence-corrected chi connectivity index (χ4v) is 7.96. The van der Waals surface area contributed by atoms with Gasteiger partial charge in [-0.05, 0) is 53.2 Å². The lowest BCUT2D eigenvalue weighted by atomic mass is 9.51. The molecule has 0 amide bonds. The first-order valence-corrected chi connectivity index (χ1v) is 14.7. The number of carbonyl (C=O) groups excluding carboxylic acids is 3. The molecule has 2 fully saturated rings. The number of carbonyl (C=O) groups is 3. The van der Waals surface area contributed by atoms with Crippen molar-refractivity contribution in [1.29, 1.82) is 0 Å². The second kappa shape index (κ2) is 8.44. The maximum atomic E-state index is 14.8. The van der Waals surface area contributed by atoms with Gasteiger partial charge in [-0.3, -0.25) is 9.59 Å². The number of benzene rings is 2. The summed E-state index contributed by atoms with van der Waals surface area (Å²) in [5.74, 6) is -0.732. The van der Waals surface area contributed by atoms with Crippen LogP contribution in [0.15, 0.2) is 59.7 Å². The summed E-state index contributed by atoms with van der Waals surface area (Å²) in [5, 5.41) is 0. The summed E-state index contributed by atoms with van der Waals surface area (Å²) in [4.78, 5) is 42.3. The number of hydrogen-bond donors (Lipinski definition) is 0. The van der Waals surface area contributed by atoms with E-state index in [1.165, 1.54) is 0 Å². The molecule has 42 heavy (non-hydrogen) atoms. The molecule has 8 rings (SSSR count). The summed E-state index contributed by atoms with van der Waals surface area (Å²) in [5.41, 5.74) is -1.19. The molecule has 3 heterocycles. The van der Waals surface area contributed by atoms with Crippen LogP contribution >= 0.6 is 0 Å². The van der Waals surface area contributed by atoms with Crippen molar-refractivity contribution < 1.29 is 33.3 Å². The molecule has 0 N–H and O–H groups in total. The van der Waals surface area contributed by atoms with E-state index in [-0.39, 0.29) is 34.9 Å². The monoisotopic (exact) mass is 568 g/mol. The Morgan fingerprint density at radius 1 is 1.10 bits per heavy atom. The molecular weight excluding hydrogens is 532 g/mol. The molecule has 6 aliphatic rings. The molecule has 3 aliphatic carbocycles. The van der Waals surface area contributed by atoms with Crippen LogP contribution in [-0.4, -0.2) is 40.4 Å². The average Bonchev–Trinajstić information content (AvgIpc) is 3.25. The summed E-state index contributed by atoms with van der Waals surface area (Å²) in [6.45, 7) is 14.0. The maximum absolute atomic E-state index is 14.8. The van der Waals surface area contributed by atoms with Crippen molar-refractivity contribution in [2.24, 2.45) is 11.8 Å². The quantitative estimate of drug-likeness (QED) is 0.242. The zero-order valence-electron chi connectivity index (χ0n) is 25.1. The standard InChI is InChI=1S/C35H36O7/c1-18(2)13-14-34-30(37)21-15-22-28(36)26-23(40-31(38)20-11-9-8-10-12-20)17-24-27(32(4,5)19(3)39-24)29(26)41-35(22,34)25(16-21)33(6,7)42-34/h8-13,15,17,19,21,25H,14,16H2,1-7H3/t19-,21?,25+,34-,35?/m1/s1. The van der Waals surface area contributed by atoms with Gasteiger partial charge in [-0.2, -0.15) is 0 Å². The van der Waals surface area contributed by atoms with Gasteiger partial charge in [0.25, 0.3) is 0 Å². The largest absolute Gasteiger partial charge is 0.489 e. The third kappa shape index (κ3) is 3.23. The van der Waals surface area contributed by atoms with E-state index in [4.69, 9.17) is 18.9 Å². The Kier molecular flexibility index (Phi) is 5.45. The van der Waals surface area contributed by atoms with Gasteiger partial charge >= 0.3 is 5.97 Å². The number of fused-ring (bicyclic) bond motifs is 3. The number of ketones is 2. The Morgan fingerprint density at radius 2 is 1.81 bits per heavy atom. The molecule has 2 aromatic rings. The van der Waals surface area contributed by atoms with Gasteiger partial charge in [0.2, 0.25) is 0 Å². The fourth-order valence-electron chi connectivity index (χ4n) is 7.96. The molecule has 7 nitrogen and oxygen atoms in total. The molecule has 2 aromatic carbocycles. The summed E-state index contributed by atoms with van der Waals surface area (Å²) >= 11 is 0. The molecule has 7 heteroatoms. The van der Waals surface area contributed by atoms with E-state index in [1.54, 1.807) is 36.4 Å². The van der Waals surface area contributed by atoms with E-state index >= 15 is 0 Å². The van der Waals surface area contributed by atoms with E-state index in [0.29, 0.717) is 35.5 Å². The molecule has 1 saturated heterocycles. The number of allylic oxidation sites excluding steroid dienone is 2. The van der Waals surface area contributed by atoms with Crippen LogP contribution in [0.1, 0.15) is 87.6 Å². The van der Waals surface area contributed by atoms with Gasteiger partial charge in [-0.1, -0.05) is 49.8 Å². The van der Waals surface area contributed by atoms with Crippen molar-refractivity contribution in [2.45, 2.75) is 89.6 Å². The van der Waals surface area contributed by atoms with E-state index < -0.39 is 34.1 Å². The molecule has 3 aliphatic heterocycles. The van der Waals surface area contributed by atoms with Crippen molar-refractivity contribution in [2.75, 3.05) is 0 Å². The molecular formula is C35H36O7. The van der Waals surface area contributed by atoms with Gasteiger partial charge < -0.3 is 18.9 Å². The summed E-state index contributed by atoms with van der Waals surface area (Å²) < 4.78 is 26.3. The maximum Gasteiger partial charge on any atom is 0.343 e. The SMILES string of the molecule is CC(C)=CC[C@]12OC(C)(C)[C@@H]3CC(C=C4C(=O)c5c(OC(=O)c6ccccc6)cc6c(c5OC431)C(C)(C)[C@@H](C)O6)C2=O. The number of rotatable bonds is 4. The van der Waals surface area contributed by atoms with Crippen molar-refractivity contribution >= 4 is 17.5 Å². The Labute approximate surface area is 245 Å². The highest BCUT2D eigenvalue weighted by Crippen LogP contribution is 2.69. The molecule has 218 valence electrons. The molecule has 1 saturated carbocycles. The van der Waals surface area contributed by atoms with Gasteiger partial charge in [0.1, 0.15) is 28.9 Å². The van der Waals surface area contributed by atoms with Gasteiger partial charge in [0, 0.05) is 40.9 Å². The first-order chi connectivity index (χ1) is 19.7. The van der Waals surface area contributed by atoms with E-state index in [9.17, 15) is 14.4 Å². The lowest BCUT2D eigenvalue weighted by Gasteiger charge is -2.56. The first kappa shape index (κ1) is 27.1. The third-order valence-corrected chi connectivity index (χ3v) is 10.3. The third-order valence-electron chi connectivity index (χ3n) is 10.3. The summed E-state index contributed by atoms with van der Waals surface area (Å²) in [7, 11) is 0. The topological polar surface area (TPSA) is 88.1 Å². The van der Waals surface area contributed by atoms with Crippen LogP contribution in [0.2, 0.25) is 0 Å². The van der Waals surface area contributed by atoms with E-state index in [0.717, 1.165) is 11.1 Å². The van der Waals surface area contributed by atoms with Crippen LogP contribution < -0.4 is 14.2 Å². The smallest absolute Gasteiger partial charge is 0.343 e. The van der Waals surface area contributed by atoms with Crippen LogP contribution in [-0.2, 0) is 14.9 Å². The number of ether oxygens (including phenoxy) is 4. The highest BCUT2D eigenvalue weighted by Gasteiger charge is 2.81. The highest BCUT2D eigenvalue weighted by molar-refractivity contribution is 6.19. The lowest BCUT2D eigenvalue weighted by Crippen LogP contribution is -2.72. The van der Waals surface area contributed by atoms with Crippen LogP contribution in [0.25, 0.3) is 0 Å².